The van der Waals surface area contributed by atoms with Crippen molar-refractivity contribution in [2.24, 2.45) is 0 Å². The summed E-state index contributed by atoms with van der Waals surface area (Å²) in [7, 11) is -3.92. The molecule has 0 radical (unpaired) electrons. The Balaban J connectivity index is 1.74. The quantitative estimate of drug-likeness (QED) is 0.461. The van der Waals surface area contributed by atoms with Gasteiger partial charge in [0.05, 0.1) is 33.8 Å². The van der Waals surface area contributed by atoms with Crippen LogP contribution in [-0.4, -0.2) is 43.3 Å². The number of sulfonamides is 1. The second-order valence-electron chi connectivity index (χ2n) is 6.84. The first kappa shape index (κ1) is 24.2. The summed E-state index contributed by atoms with van der Waals surface area (Å²) >= 11 is 7.70. The molecule has 0 aliphatic carbocycles. The topological polar surface area (TPSA) is 88.6 Å². The van der Waals surface area contributed by atoms with Crippen LogP contribution in [0.5, 0.6) is 5.75 Å². The number of aryl methyl sites for hydroxylation is 1. The molecule has 0 spiro atoms. The van der Waals surface area contributed by atoms with E-state index in [0.717, 1.165) is 20.6 Å². The van der Waals surface area contributed by atoms with Crippen molar-refractivity contribution in [2.75, 3.05) is 25.0 Å². The predicted molar refractivity (Wildman–Crippen MR) is 128 cm³/mol. The lowest BCUT2D eigenvalue weighted by atomic mass is 10.1. The van der Waals surface area contributed by atoms with Crippen molar-refractivity contribution < 1.29 is 17.9 Å². The Morgan fingerprint density at radius 2 is 2.00 bits per heavy atom. The molecule has 1 heterocycles. The molecule has 1 aromatic heterocycles. The zero-order chi connectivity index (χ0) is 23.3. The molecule has 0 saturated heterocycles. The third-order valence-corrected chi connectivity index (χ3v) is 7.56. The van der Waals surface area contributed by atoms with Crippen LogP contribution >= 0.6 is 22.9 Å². The van der Waals surface area contributed by atoms with E-state index in [-0.39, 0.29) is 23.0 Å². The SMILES string of the molecule is CCOc1ccc(S(=O)(=O)N(CC)CC(=O)Nc2cccc(-c3csc(C)n3)c2)cc1Cl. The van der Waals surface area contributed by atoms with Crippen LogP contribution < -0.4 is 10.1 Å². The fourth-order valence-electron chi connectivity index (χ4n) is 3.04. The molecule has 32 heavy (non-hydrogen) atoms. The highest BCUT2D eigenvalue weighted by Gasteiger charge is 2.26. The summed E-state index contributed by atoms with van der Waals surface area (Å²) < 4.78 is 32.6. The van der Waals surface area contributed by atoms with Crippen LogP contribution in [0.15, 0.2) is 52.7 Å². The normalized spacial score (nSPS) is 11.5. The monoisotopic (exact) mass is 493 g/mol. The summed E-state index contributed by atoms with van der Waals surface area (Å²) in [5.41, 5.74) is 2.26. The number of amides is 1. The average molecular weight is 494 g/mol. The highest BCUT2D eigenvalue weighted by molar-refractivity contribution is 7.89. The number of likely N-dealkylation sites (N-methyl/N-ethyl adjacent to an activating group) is 1. The largest absolute Gasteiger partial charge is 0.492 e. The number of carbonyl (C=O) groups is 1. The number of aromatic nitrogens is 1. The van der Waals surface area contributed by atoms with Gasteiger partial charge in [-0.05, 0) is 44.2 Å². The van der Waals surface area contributed by atoms with Gasteiger partial charge in [-0.15, -0.1) is 11.3 Å². The molecule has 0 aliphatic heterocycles. The highest BCUT2D eigenvalue weighted by Crippen LogP contribution is 2.29. The van der Waals surface area contributed by atoms with Gasteiger partial charge in [0.15, 0.2) is 0 Å². The number of rotatable bonds is 9. The van der Waals surface area contributed by atoms with Crippen molar-refractivity contribution in [2.45, 2.75) is 25.7 Å². The number of hydrogen-bond acceptors (Lipinski definition) is 6. The highest BCUT2D eigenvalue weighted by atomic mass is 35.5. The molecule has 3 aromatic rings. The van der Waals surface area contributed by atoms with Gasteiger partial charge < -0.3 is 10.1 Å². The molecule has 0 unspecified atom stereocenters. The van der Waals surface area contributed by atoms with Crippen LogP contribution in [0, 0.1) is 6.92 Å². The van der Waals surface area contributed by atoms with Crippen LogP contribution in [0.3, 0.4) is 0 Å². The van der Waals surface area contributed by atoms with E-state index in [4.69, 9.17) is 16.3 Å². The minimum Gasteiger partial charge on any atom is -0.492 e. The summed E-state index contributed by atoms with van der Waals surface area (Å²) in [5, 5.41) is 5.87. The first-order valence-corrected chi connectivity index (χ1v) is 12.7. The molecular weight excluding hydrogens is 470 g/mol. The summed E-state index contributed by atoms with van der Waals surface area (Å²) in [6, 6.07) is 11.5. The van der Waals surface area contributed by atoms with E-state index in [1.165, 1.54) is 18.2 Å². The molecular formula is C22H24ClN3O4S2. The number of nitrogens with one attached hydrogen (secondary N) is 1. The molecule has 0 fully saturated rings. The van der Waals surface area contributed by atoms with E-state index in [1.807, 2.05) is 37.4 Å². The predicted octanol–water partition coefficient (Wildman–Crippen LogP) is 4.82. The fourth-order valence-corrected chi connectivity index (χ4v) is 5.40. The number of nitrogens with zero attached hydrogens (tertiary/aromatic N) is 2. The molecule has 3 rings (SSSR count). The number of benzene rings is 2. The number of thiazole rings is 1. The molecule has 0 bridgehead atoms. The Morgan fingerprint density at radius 1 is 1.22 bits per heavy atom. The van der Waals surface area contributed by atoms with Crippen molar-refractivity contribution in [3.8, 4) is 17.0 Å². The van der Waals surface area contributed by atoms with E-state index in [2.05, 4.69) is 10.3 Å². The van der Waals surface area contributed by atoms with Crippen LogP contribution in [-0.2, 0) is 14.8 Å². The molecule has 10 heteroatoms. The van der Waals surface area contributed by atoms with Gasteiger partial charge in [0.25, 0.3) is 0 Å². The minimum absolute atomic E-state index is 0.00139. The number of halogens is 1. The molecule has 0 aliphatic rings. The molecule has 0 atom stereocenters. The summed E-state index contributed by atoms with van der Waals surface area (Å²) in [4.78, 5) is 17.1. The summed E-state index contributed by atoms with van der Waals surface area (Å²) in [5.74, 6) is -0.0387. The first-order chi connectivity index (χ1) is 15.2. The second kappa shape index (κ2) is 10.4. The average Bonchev–Trinajstić information content (AvgIpc) is 3.20. The summed E-state index contributed by atoms with van der Waals surface area (Å²) in [6.45, 7) is 5.62. The first-order valence-electron chi connectivity index (χ1n) is 9.99. The van der Waals surface area contributed by atoms with Crippen molar-refractivity contribution in [1.29, 1.82) is 0 Å². The number of ether oxygens (including phenoxy) is 1. The Labute approximate surface area is 197 Å². The second-order valence-corrected chi connectivity index (χ2v) is 10.2. The molecule has 2 aromatic carbocycles. The molecule has 1 N–H and O–H groups in total. The van der Waals surface area contributed by atoms with Crippen molar-refractivity contribution in [1.82, 2.24) is 9.29 Å². The fraction of sp³-hybridized carbons (Fsp3) is 0.273. The van der Waals surface area contributed by atoms with Gasteiger partial charge in [-0.25, -0.2) is 13.4 Å². The molecule has 7 nitrogen and oxygen atoms in total. The van der Waals surface area contributed by atoms with Crippen LogP contribution in [0.2, 0.25) is 5.02 Å². The van der Waals surface area contributed by atoms with E-state index in [9.17, 15) is 13.2 Å². The van der Waals surface area contributed by atoms with Crippen molar-refractivity contribution in [3.05, 3.63) is 57.9 Å². The van der Waals surface area contributed by atoms with Gasteiger partial charge in [-0.2, -0.15) is 4.31 Å². The van der Waals surface area contributed by atoms with E-state index in [1.54, 1.807) is 24.3 Å². The van der Waals surface area contributed by atoms with Gasteiger partial charge in [0.2, 0.25) is 15.9 Å². The van der Waals surface area contributed by atoms with Gasteiger partial charge in [0, 0.05) is 23.2 Å². The minimum atomic E-state index is -3.92. The zero-order valence-corrected chi connectivity index (χ0v) is 20.4. The van der Waals surface area contributed by atoms with Crippen LogP contribution in [0.25, 0.3) is 11.3 Å². The lowest BCUT2D eigenvalue weighted by Gasteiger charge is -2.20. The van der Waals surface area contributed by atoms with Gasteiger partial charge >= 0.3 is 0 Å². The maximum atomic E-state index is 13.1. The van der Waals surface area contributed by atoms with E-state index in [0.29, 0.717) is 18.0 Å². The maximum absolute atomic E-state index is 13.1. The maximum Gasteiger partial charge on any atom is 0.243 e. The smallest absolute Gasteiger partial charge is 0.243 e. The third kappa shape index (κ3) is 5.66. The van der Waals surface area contributed by atoms with Gasteiger partial charge in [-0.3, -0.25) is 4.79 Å². The third-order valence-electron chi connectivity index (χ3n) is 4.57. The van der Waals surface area contributed by atoms with Crippen molar-refractivity contribution >= 4 is 44.6 Å². The van der Waals surface area contributed by atoms with Crippen LogP contribution in [0.1, 0.15) is 18.9 Å². The van der Waals surface area contributed by atoms with E-state index >= 15 is 0 Å². The molecule has 170 valence electrons. The van der Waals surface area contributed by atoms with Crippen molar-refractivity contribution in [3.63, 3.8) is 0 Å². The Hall–Kier alpha value is -2.46. The number of carbonyl (C=O) groups excluding carboxylic acids is 1. The summed E-state index contributed by atoms with van der Waals surface area (Å²) in [6.07, 6.45) is 0. The standard InChI is InChI=1S/C22H24ClN3O4S2/c1-4-26(32(28,29)18-9-10-21(30-5-2)19(23)12-18)13-22(27)25-17-8-6-7-16(11-17)20-14-31-15(3)24-20/h6-12,14H,4-5,13H2,1-3H3,(H,25,27). The van der Waals surface area contributed by atoms with Gasteiger partial charge in [0.1, 0.15) is 5.75 Å². The van der Waals surface area contributed by atoms with Crippen LogP contribution in [0.4, 0.5) is 5.69 Å². The number of anilines is 1. The zero-order valence-electron chi connectivity index (χ0n) is 18.0. The Morgan fingerprint density at radius 3 is 2.62 bits per heavy atom. The Kier molecular flexibility index (Phi) is 7.89. The lowest BCUT2D eigenvalue weighted by Crippen LogP contribution is -2.37. The van der Waals surface area contributed by atoms with E-state index < -0.39 is 15.9 Å². The lowest BCUT2D eigenvalue weighted by molar-refractivity contribution is -0.116. The number of hydrogen-bond donors (Lipinski definition) is 1. The molecule has 1 amide bonds. The Bertz CT molecular complexity index is 1210. The van der Waals surface area contributed by atoms with Gasteiger partial charge in [-0.1, -0.05) is 30.7 Å². The molecule has 0 saturated carbocycles.